The maximum atomic E-state index is 12.2. The third kappa shape index (κ3) is 2.28. The van der Waals surface area contributed by atoms with Crippen LogP contribution in [0.5, 0.6) is 5.75 Å². The van der Waals surface area contributed by atoms with Crippen molar-refractivity contribution in [2.75, 3.05) is 6.61 Å². The van der Waals surface area contributed by atoms with Crippen LogP contribution in [-0.2, 0) is 0 Å². The van der Waals surface area contributed by atoms with Crippen molar-refractivity contribution in [2.24, 2.45) is 0 Å². The van der Waals surface area contributed by atoms with E-state index in [0.717, 1.165) is 22.3 Å². The van der Waals surface area contributed by atoms with Crippen molar-refractivity contribution in [3.63, 3.8) is 0 Å². The van der Waals surface area contributed by atoms with Gasteiger partial charge in [-0.25, -0.2) is 4.98 Å². The van der Waals surface area contributed by atoms with Crippen LogP contribution >= 0.6 is 0 Å². The van der Waals surface area contributed by atoms with Crippen LogP contribution in [0, 0.1) is 6.92 Å². The molecule has 4 nitrogen and oxygen atoms in total. The largest absolute Gasteiger partial charge is 0.483 e. The number of fused-ring (bicyclic) bond motifs is 1. The van der Waals surface area contributed by atoms with E-state index in [1.807, 2.05) is 55.5 Å². The Kier molecular flexibility index (Phi) is 3.21. The molecule has 4 heteroatoms. The molecule has 3 rings (SSSR count). The van der Waals surface area contributed by atoms with Crippen LogP contribution in [-0.4, -0.2) is 22.1 Å². The zero-order valence-corrected chi connectivity index (χ0v) is 11.1. The van der Waals surface area contributed by atoms with Gasteiger partial charge in [0.2, 0.25) is 0 Å². The fourth-order valence-corrected chi connectivity index (χ4v) is 2.09. The van der Waals surface area contributed by atoms with Crippen molar-refractivity contribution in [3.8, 4) is 5.75 Å². The average molecular weight is 266 g/mol. The zero-order valence-electron chi connectivity index (χ0n) is 11.1. The van der Waals surface area contributed by atoms with Gasteiger partial charge in [-0.1, -0.05) is 30.3 Å². The number of hydrogen-bond acceptors (Lipinski definition) is 3. The van der Waals surface area contributed by atoms with Gasteiger partial charge in [0.1, 0.15) is 12.1 Å². The molecule has 0 fully saturated rings. The van der Waals surface area contributed by atoms with Gasteiger partial charge in [0, 0.05) is 0 Å². The highest BCUT2D eigenvalue weighted by Gasteiger charge is 2.10. The number of aryl methyl sites for hydroxylation is 1. The van der Waals surface area contributed by atoms with E-state index in [2.05, 4.69) is 4.98 Å². The van der Waals surface area contributed by atoms with Gasteiger partial charge >= 0.3 is 0 Å². The Morgan fingerprint density at radius 3 is 2.75 bits per heavy atom. The number of imidazole rings is 1. The SMILES string of the molecule is Cc1ccccc1OCC(=O)n1cnc2ccccc21. The smallest absolute Gasteiger partial charge is 0.270 e. The van der Waals surface area contributed by atoms with E-state index >= 15 is 0 Å². The molecule has 100 valence electrons. The van der Waals surface area contributed by atoms with Crippen LogP contribution in [0.25, 0.3) is 11.0 Å². The lowest BCUT2D eigenvalue weighted by atomic mass is 10.2. The molecule has 0 N–H and O–H groups in total. The molecule has 0 atom stereocenters. The van der Waals surface area contributed by atoms with Gasteiger partial charge < -0.3 is 4.74 Å². The molecular weight excluding hydrogens is 252 g/mol. The second kappa shape index (κ2) is 5.17. The monoisotopic (exact) mass is 266 g/mol. The standard InChI is InChI=1S/C16H14N2O2/c1-12-6-2-5-9-15(12)20-10-16(19)18-11-17-13-7-3-4-8-14(13)18/h2-9,11H,10H2,1H3. The molecule has 0 spiro atoms. The average Bonchev–Trinajstić information content (AvgIpc) is 2.90. The van der Waals surface area contributed by atoms with Gasteiger partial charge in [-0.15, -0.1) is 0 Å². The highest BCUT2D eigenvalue weighted by atomic mass is 16.5. The van der Waals surface area contributed by atoms with Crippen LogP contribution in [0.2, 0.25) is 0 Å². The summed E-state index contributed by atoms with van der Waals surface area (Å²) in [4.78, 5) is 16.4. The van der Waals surface area contributed by atoms with Gasteiger partial charge in [-0.3, -0.25) is 9.36 Å². The second-order valence-electron chi connectivity index (χ2n) is 4.55. The van der Waals surface area contributed by atoms with E-state index in [4.69, 9.17) is 4.74 Å². The topological polar surface area (TPSA) is 44.1 Å². The summed E-state index contributed by atoms with van der Waals surface area (Å²) >= 11 is 0. The Morgan fingerprint density at radius 2 is 1.90 bits per heavy atom. The summed E-state index contributed by atoms with van der Waals surface area (Å²) in [6.45, 7) is 1.94. The van der Waals surface area contributed by atoms with Crippen molar-refractivity contribution in [1.29, 1.82) is 0 Å². The molecule has 20 heavy (non-hydrogen) atoms. The Hall–Kier alpha value is -2.62. The Balaban J connectivity index is 1.79. The number of rotatable bonds is 3. The molecule has 0 amide bonds. The van der Waals surface area contributed by atoms with E-state index in [0.29, 0.717) is 0 Å². The molecule has 0 aliphatic carbocycles. The number of carbonyl (C=O) groups is 1. The van der Waals surface area contributed by atoms with E-state index in [1.165, 1.54) is 10.9 Å². The van der Waals surface area contributed by atoms with E-state index in [9.17, 15) is 4.79 Å². The summed E-state index contributed by atoms with van der Waals surface area (Å²) in [5.41, 5.74) is 2.61. The minimum atomic E-state index is -0.137. The maximum Gasteiger partial charge on any atom is 0.270 e. The van der Waals surface area contributed by atoms with E-state index < -0.39 is 0 Å². The van der Waals surface area contributed by atoms with Crippen molar-refractivity contribution in [1.82, 2.24) is 9.55 Å². The van der Waals surface area contributed by atoms with Gasteiger partial charge in [0.05, 0.1) is 11.0 Å². The Morgan fingerprint density at radius 1 is 1.15 bits per heavy atom. The first kappa shape index (κ1) is 12.4. The molecule has 0 saturated heterocycles. The number of aromatic nitrogens is 2. The maximum absolute atomic E-state index is 12.2. The number of hydrogen-bond donors (Lipinski definition) is 0. The molecular formula is C16H14N2O2. The number of ether oxygens (including phenoxy) is 1. The number of carbonyl (C=O) groups excluding carboxylic acids is 1. The van der Waals surface area contributed by atoms with Crippen molar-refractivity contribution < 1.29 is 9.53 Å². The van der Waals surface area contributed by atoms with Crippen LogP contribution in [0.3, 0.4) is 0 Å². The minimum Gasteiger partial charge on any atom is -0.483 e. The van der Waals surface area contributed by atoms with E-state index in [-0.39, 0.29) is 12.5 Å². The Labute approximate surface area is 116 Å². The third-order valence-corrected chi connectivity index (χ3v) is 3.17. The summed E-state index contributed by atoms with van der Waals surface area (Å²) in [6, 6.07) is 15.2. The molecule has 3 aromatic rings. The zero-order chi connectivity index (χ0) is 13.9. The molecule has 0 aliphatic heterocycles. The molecule has 1 heterocycles. The lowest BCUT2D eigenvalue weighted by Crippen LogP contribution is -2.18. The molecule has 2 aromatic carbocycles. The highest BCUT2D eigenvalue weighted by molar-refractivity contribution is 5.90. The molecule has 0 bridgehead atoms. The summed E-state index contributed by atoms with van der Waals surface area (Å²) in [6.07, 6.45) is 1.54. The van der Waals surface area contributed by atoms with Crippen LogP contribution in [0.15, 0.2) is 54.9 Å². The highest BCUT2D eigenvalue weighted by Crippen LogP contribution is 2.17. The van der Waals surface area contributed by atoms with Gasteiger partial charge in [-0.2, -0.15) is 0 Å². The lowest BCUT2D eigenvalue weighted by Gasteiger charge is -2.08. The fraction of sp³-hybridized carbons (Fsp3) is 0.125. The Bertz CT molecular complexity index is 762. The van der Waals surface area contributed by atoms with Crippen molar-refractivity contribution in [2.45, 2.75) is 6.92 Å². The normalized spacial score (nSPS) is 10.7. The summed E-state index contributed by atoms with van der Waals surface area (Å²) < 4.78 is 7.09. The first-order valence-corrected chi connectivity index (χ1v) is 6.39. The molecule has 0 unspecified atom stereocenters. The summed E-state index contributed by atoms with van der Waals surface area (Å²) in [5, 5.41) is 0. The second-order valence-corrected chi connectivity index (χ2v) is 4.55. The predicted molar refractivity (Wildman–Crippen MR) is 77.0 cm³/mol. The summed E-state index contributed by atoms with van der Waals surface area (Å²) in [7, 11) is 0. The molecule has 0 saturated carbocycles. The van der Waals surface area contributed by atoms with Crippen LogP contribution in [0.1, 0.15) is 10.4 Å². The molecule has 0 aliphatic rings. The molecule has 1 aromatic heterocycles. The minimum absolute atomic E-state index is 0.00872. The third-order valence-electron chi connectivity index (χ3n) is 3.17. The first-order chi connectivity index (χ1) is 9.75. The summed E-state index contributed by atoms with van der Waals surface area (Å²) in [5.74, 6) is 0.590. The first-order valence-electron chi connectivity index (χ1n) is 6.39. The van der Waals surface area contributed by atoms with Gasteiger partial charge in [0.25, 0.3) is 5.91 Å². The van der Waals surface area contributed by atoms with Crippen molar-refractivity contribution >= 4 is 16.9 Å². The van der Waals surface area contributed by atoms with Crippen LogP contribution < -0.4 is 4.74 Å². The lowest BCUT2D eigenvalue weighted by molar-refractivity contribution is 0.0842. The fourth-order valence-electron chi connectivity index (χ4n) is 2.09. The van der Waals surface area contributed by atoms with Crippen LogP contribution in [0.4, 0.5) is 0 Å². The quantitative estimate of drug-likeness (QED) is 0.731. The predicted octanol–water partition coefficient (Wildman–Crippen LogP) is 3.06. The van der Waals surface area contributed by atoms with Gasteiger partial charge in [0.15, 0.2) is 6.61 Å². The van der Waals surface area contributed by atoms with Gasteiger partial charge in [-0.05, 0) is 30.7 Å². The van der Waals surface area contributed by atoms with Crippen molar-refractivity contribution in [3.05, 3.63) is 60.4 Å². The number of benzene rings is 2. The number of para-hydroxylation sites is 3. The molecule has 0 radical (unpaired) electrons. The van der Waals surface area contributed by atoms with E-state index in [1.54, 1.807) is 0 Å². The number of nitrogens with zero attached hydrogens (tertiary/aromatic N) is 2.